The van der Waals surface area contributed by atoms with Crippen LogP contribution in [0.2, 0.25) is 5.15 Å². The summed E-state index contributed by atoms with van der Waals surface area (Å²) < 4.78 is 0. The minimum absolute atomic E-state index is 0.0936. The summed E-state index contributed by atoms with van der Waals surface area (Å²) in [5.74, 6) is -1.41. The van der Waals surface area contributed by atoms with Gasteiger partial charge in [-0.2, -0.15) is 0 Å². The predicted molar refractivity (Wildman–Crippen MR) is 63.0 cm³/mol. The normalized spacial score (nSPS) is 11.0. The van der Waals surface area contributed by atoms with Crippen molar-refractivity contribution in [1.82, 2.24) is 10.3 Å². The van der Waals surface area contributed by atoms with E-state index in [2.05, 4.69) is 10.3 Å². The topological polar surface area (TPSA) is 79.3 Å². The van der Waals surface area contributed by atoms with Crippen LogP contribution in [0.3, 0.4) is 0 Å². The fourth-order valence-electron chi connectivity index (χ4n) is 1.35. The molecule has 0 aliphatic carbocycles. The van der Waals surface area contributed by atoms with Gasteiger partial charge in [-0.1, -0.05) is 11.6 Å². The summed E-state index contributed by atoms with van der Waals surface area (Å²) in [7, 11) is 0. The highest BCUT2D eigenvalue weighted by Crippen LogP contribution is 2.14. The van der Waals surface area contributed by atoms with Gasteiger partial charge in [0.15, 0.2) is 0 Å². The maximum Gasteiger partial charge on any atom is 0.305 e. The predicted octanol–water partition coefficient (Wildman–Crippen LogP) is 1.72. The Morgan fingerprint density at radius 3 is 2.71 bits per heavy atom. The van der Waals surface area contributed by atoms with Gasteiger partial charge in [-0.05, 0) is 26.0 Å². The zero-order valence-corrected chi connectivity index (χ0v) is 10.3. The van der Waals surface area contributed by atoms with Gasteiger partial charge in [0.2, 0.25) is 0 Å². The van der Waals surface area contributed by atoms with Crippen molar-refractivity contribution in [3.8, 4) is 0 Å². The third-order valence-corrected chi connectivity index (χ3v) is 2.35. The summed E-state index contributed by atoms with van der Waals surface area (Å²) in [6.07, 6.45) is 1.30. The molecule has 1 aromatic heterocycles. The van der Waals surface area contributed by atoms with Crippen molar-refractivity contribution >= 4 is 23.5 Å². The Morgan fingerprint density at radius 1 is 1.53 bits per heavy atom. The average molecular weight is 257 g/mol. The van der Waals surface area contributed by atoms with Crippen molar-refractivity contribution in [1.29, 1.82) is 0 Å². The van der Waals surface area contributed by atoms with E-state index < -0.39 is 17.4 Å². The first-order valence-corrected chi connectivity index (χ1v) is 5.34. The Bertz CT molecular complexity index is 446. The van der Waals surface area contributed by atoms with Crippen molar-refractivity contribution in [3.05, 3.63) is 29.0 Å². The van der Waals surface area contributed by atoms with Crippen LogP contribution in [0, 0.1) is 0 Å². The highest BCUT2D eigenvalue weighted by Gasteiger charge is 2.25. The van der Waals surface area contributed by atoms with Gasteiger partial charge in [-0.25, -0.2) is 4.98 Å². The Hall–Kier alpha value is -1.62. The lowest BCUT2D eigenvalue weighted by molar-refractivity contribution is -0.138. The molecule has 1 amide bonds. The molecule has 0 unspecified atom stereocenters. The number of nitrogens with zero attached hydrogens (tertiary/aromatic N) is 1. The highest BCUT2D eigenvalue weighted by atomic mass is 35.5. The van der Waals surface area contributed by atoms with Crippen molar-refractivity contribution < 1.29 is 14.7 Å². The van der Waals surface area contributed by atoms with Crippen LogP contribution in [0.1, 0.15) is 30.6 Å². The van der Waals surface area contributed by atoms with E-state index in [4.69, 9.17) is 16.7 Å². The average Bonchev–Trinajstić information content (AvgIpc) is 2.14. The molecule has 0 radical (unpaired) electrons. The maximum absolute atomic E-state index is 11.8. The summed E-state index contributed by atoms with van der Waals surface area (Å²) in [4.78, 5) is 26.2. The molecule has 0 atom stereocenters. The lowest BCUT2D eigenvalue weighted by atomic mass is 10.0. The Balaban J connectivity index is 2.79. The van der Waals surface area contributed by atoms with Gasteiger partial charge in [0, 0.05) is 11.7 Å². The smallest absolute Gasteiger partial charge is 0.305 e. The van der Waals surface area contributed by atoms with Crippen LogP contribution < -0.4 is 5.32 Å². The first-order chi connectivity index (χ1) is 7.82. The number of halogens is 1. The van der Waals surface area contributed by atoms with Crippen LogP contribution in [-0.2, 0) is 4.79 Å². The standard InChI is InChI=1S/C11H13ClN2O3/c1-11(2,6-8(15)16)14-10(17)7-4-3-5-13-9(7)12/h3-5H,6H2,1-2H3,(H,14,17)(H,15,16). The van der Waals surface area contributed by atoms with Crippen LogP contribution in [0.5, 0.6) is 0 Å². The molecule has 1 rings (SSSR count). The molecule has 0 aliphatic heterocycles. The van der Waals surface area contributed by atoms with Gasteiger partial charge < -0.3 is 10.4 Å². The minimum atomic E-state index is -0.979. The highest BCUT2D eigenvalue weighted by molar-refractivity contribution is 6.32. The van der Waals surface area contributed by atoms with Gasteiger partial charge in [-0.3, -0.25) is 9.59 Å². The molecular formula is C11H13ClN2O3. The number of amides is 1. The lowest BCUT2D eigenvalue weighted by Gasteiger charge is -2.24. The van der Waals surface area contributed by atoms with Crippen LogP contribution in [0.25, 0.3) is 0 Å². The zero-order chi connectivity index (χ0) is 13.1. The molecule has 1 heterocycles. The fourth-order valence-corrected chi connectivity index (χ4v) is 1.56. The van der Waals surface area contributed by atoms with Crippen molar-refractivity contribution in [2.24, 2.45) is 0 Å². The van der Waals surface area contributed by atoms with Crippen LogP contribution in [-0.4, -0.2) is 27.5 Å². The molecule has 0 spiro atoms. The number of carboxylic acid groups (broad SMARTS) is 1. The Labute approximate surface area is 104 Å². The number of hydrogen-bond acceptors (Lipinski definition) is 3. The molecule has 6 heteroatoms. The molecule has 0 saturated carbocycles. The number of aliphatic carboxylic acids is 1. The lowest BCUT2D eigenvalue weighted by Crippen LogP contribution is -2.45. The molecule has 0 aromatic carbocycles. The van der Waals surface area contributed by atoms with E-state index in [0.717, 1.165) is 0 Å². The SMILES string of the molecule is CC(C)(CC(=O)O)NC(=O)c1cccnc1Cl. The zero-order valence-electron chi connectivity index (χ0n) is 9.53. The monoisotopic (exact) mass is 256 g/mol. The van der Waals surface area contributed by atoms with Crippen LogP contribution in [0.15, 0.2) is 18.3 Å². The van der Waals surface area contributed by atoms with Crippen molar-refractivity contribution in [3.63, 3.8) is 0 Å². The number of aromatic nitrogens is 1. The van der Waals surface area contributed by atoms with E-state index in [1.165, 1.54) is 12.3 Å². The van der Waals surface area contributed by atoms with Crippen molar-refractivity contribution in [2.45, 2.75) is 25.8 Å². The van der Waals surface area contributed by atoms with Gasteiger partial charge in [0.1, 0.15) is 5.15 Å². The van der Waals surface area contributed by atoms with Gasteiger partial charge >= 0.3 is 5.97 Å². The number of hydrogen-bond donors (Lipinski definition) is 2. The number of carbonyl (C=O) groups is 2. The van der Waals surface area contributed by atoms with Gasteiger partial charge in [0.25, 0.3) is 5.91 Å². The first-order valence-electron chi connectivity index (χ1n) is 4.97. The molecule has 2 N–H and O–H groups in total. The molecule has 0 aliphatic rings. The largest absolute Gasteiger partial charge is 0.481 e. The quantitative estimate of drug-likeness (QED) is 0.804. The van der Waals surface area contributed by atoms with E-state index in [1.54, 1.807) is 19.9 Å². The second-order valence-corrected chi connectivity index (χ2v) is 4.61. The summed E-state index contributed by atoms with van der Waals surface area (Å²) in [6.45, 7) is 3.26. The molecule has 0 fully saturated rings. The van der Waals surface area contributed by atoms with E-state index in [-0.39, 0.29) is 17.1 Å². The number of pyridine rings is 1. The third-order valence-electron chi connectivity index (χ3n) is 2.05. The van der Waals surface area contributed by atoms with Crippen molar-refractivity contribution in [2.75, 3.05) is 0 Å². The van der Waals surface area contributed by atoms with Crippen LogP contribution in [0.4, 0.5) is 0 Å². The van der Waals surface area contributed by atoms with E-state index in [1.807, 2.05) is 0 Å². The summed E-state index contributed by atoms with van der Waals surface area (Å²) in [5, 5.41) is 11.4. The molecule has 92 valence electrons. The maximum atomic E-state index is 11.8. The van der Waals surface area contributed by atoms with Crippen LogP contribution >= 0.6 is 11.6 Å². The molecule has 17 heavy (non-hydrogen) atoms. The molecule has 0 saturated heterocycles. The number of carboxylic acids is 1. The number of rotatable bonds is 4. The second-order valence-electron chi connectivity index (χ2n) is 4.25. The summed E-state index contributed by atoms with van der Waals surface area (Å²) >= 11 is 5.77. The number of carbonyl (C=O) groups excluding carboxylic acids is 1. The molecule has 1 aromatic rings. The summed E-state index contributed by atoms with van der Waals surface area (Å²) in [5.41, 5.74) is -0.616. The minimum Gasteiger partial charge on any atom is -0.481 e. The molecular weight excluding hydrogens is 244 g/mol. The number of nitrogens with one attached hydrogen (secondary N) is 1. The van der Waals surface area contributed by atoms with E-state index in [9.17, 15) is 9.59 Å². The summed E-state index contributed by atoms with van der Waals surface area (Å²) in [6, 6.07) is 3.12. The van der Waals surface area contributed by atoms with Gasteiger partial charge in [-0.15, -0.1) is 0 Å². The molecule has 5 nitrogen and oxygen atoms in total. The first kappa shape index (κ1) is 13.4. The Morgan fingerprint density at radius 2 is 2.18 bits per heavy atom. The van der Waals surface area contributed by atoms with E-state index in [0.29, 0.717) is 0 Å². The third kappa shape index (κ3) is 4.03. The Kier molecular flexibility index (Phi) is 4.07. The second kappa shape index (κ2) is 5.14. The molecule has 0 bridgehead atoms. The van der Waals surface area contributed by atoms with Gasteiger partial charge in [0.05, 0.1) is 12.0 Å². The van der Waals surface area contributed by atoms with E-state index >= 15 is 0 Å². The fraction of sp³-hybridized carbons (Fsp3) is 0.364.